The summed E-state index contributed by atoms with van der Waals surface area (Å²) in [6, 6.07) is 7.22. The zero-order valence-electron chi connectivity index (χ0n) is 9.35. The second kappa shape index (κ2) is 4.58. The van der Waals surface area contributed by atoms with Crippen LogP contribution >= 0.6 is 27.5 Å². The fourth-order valence-electron chi connectivity index (χ4n) is 1.79. The van der Waals surface area contributed by atoms with Gasteiger partial charge in [-0.2, -0.15) is 0 Å². The molecule has 19 heavy (non-hydrogen) atoms. The van der Waals surface area contributed by atoms with Crippen molar-refractivity contribution in [2.24, 2.45) is 0 Å². The number of imidazole rings is 1. The summed E-state index contributed by atoms with van der Waals surface area (Å²) in [5.74, 6) is -0.357. The standard InChI is InChI=1S/C13H6BrClF2N2/c14-7-4-11-12(5-10(7)17)19-13(18-11)6-1-2-9(16)8(15)3-6/h1-5H,(H,18,19). The van der Waals surface area contributed by atoms with E-state index in [0.29, 0.717) is 26.9 Å². The Morgan fingerprint density at radius 1 is 1.11 bits per heavy atom. The normalized spacial score (nSPS) is 11.2. The molecule has 0 bridgehead atoms. The molecule has 0 fully saturated rings. The lowest BCUT2D eigenvalue weighted by molar-refractivity contribution is 0.623. The topological polar surface area (TPSA) is 28.7 Å². The smallest absolute Gasteiger partial charge is 0.141 e. The summed E-state index contributed by atoms with van der Waals surface area (Å²) in [4.78, 5) is 7.30. The van der Waals surface area contributed by atoms with Crippen molar-refractivity contribution in [3.8, 4) is 11.4 Å². The number of aromatic amines is 1. The van der Waals surface area contributed by atoms with Gasteiger partial charge >= 0.3 is 0 Å². The molecule has 1 aromatic heterocycles. The van der Waals surface area contributed by atoms with Gasteiger partial charge in [-0.1, -0.05) is 11.6 Å². The number of H-pyrrole nitrogens is 1. The Labute approximate surface area is 120 Å². The lowest BCUT2D eigenvalue weighted by atomic mass is 10.2. The summed E-state index contributed by atoms with van der Waals surface area (Å²) in [5.41, 5.74) is 1.82. The van der Waals surface area contributed by atoms with Gasteiger partial charge in [0.2, 0.25) is 0 Å². The number of rotatable bonds is 1. The van der Waals surface area contributed by atoms with Crippen molar-refractivity contribution in [1.82, 2.24) is 9.97 Å². The van der Waals surface area contributed by atoms with Crippen LogP contribution in [0.5, 0.6) is 0 Å². The molecular weight excluding hydrogens is 338 g/mol. The van der Waals surface area contributed by atoms with Crippen molar-refractivity contribution < 1.29 is 8.78 Å². The molecule has 2 aromatic carbocycles. The summed E-state index contributed by atoms with van der Waals surface area (Å²) < 4.78 is 26.9. The van der Waals surface area contributed by atoms with Crippen LogP contribution in [0.25, 0.3) is 22.4 Å². The Kier molecular flexibility index (Phi) is 3.03. The lowest BCUT2D eigenvalue weighted by Crippen LogP contribution is -1.82. The van der Waals surface area contributed by atoms with Gasteiger partial charge in [-0.3, -0.25) is 0 Å². The minimum atomic E-state index is -0.490. The van der Waals surface area contributed by atoms with Crippen molar-refractivity contribution in [2.45, 2.75) is 0 Å². The highest BCUT2D eigenvalue weighted by molar-refractivity contribution is 9.10. The quantitative estimate of drug-likeness (QED) is 0.667. The molecule has 0 amide bonds. The van der Waals surface area contributed by atoms with Gasteiger partial charge < -0.3 is 4.98 Å². The Balaban J connectivity index is 2.17. The van der Waals surface area contributed by atoms with Crippen LogP contribution in [0.1, 0.15) is 0 Å². The molecule has 0 saturated heterocycles. The fourth-order valence-corrected chi connectivity index (χ4v) is 2.30. The maximum Gasteiger partial charge on any atom is 0.141 e. The molecular formula is C13H6BrClF2N2. The Morgan fingerprint density at radius 2 is 1.89 bits per heavy atom. The second-order valence-electron chi connectivity index (χ2n) is 4.00. The average Bonchev–Trinajstić information content (AvgIpc) is 2.76. The van der Waals surface area contributed by atoms with Crippen LogP contribution in [0.15, 0.2) is 34.8 Å². The van der Waals surface area contributed by atoms with Gasteiger partial charge in [-0.05, 0) is 40.2 Å². The summed E-state index contributed by atoms with van der Waals surface area (Å²) in [6.45, 7) is 0. The first-order valence-corrected chi connectivity index (χ1v) is 6.52. The third-order valence-electron chi connectivity index (χ3n) is 2.72. The van der Waals surface area contributed by atoms with Gasteiger partial charge in [-0.25, -0.2) is 13.8 Å². The molecule has 0 unspecified atom stereocenters. The van der Waals surface area contributed by atoms with Crippen molar-refractivity contribution >= 4 is 38.6 Å². The van der Waals surface area contributed by atoms with E-state index in [1.165, 1.54) is 18.2 Å². The van der Waals surface area contributed by atoms with E-state index in [4.69, 9.17) is 11.6 Å². The molecule has 3 aromatic rings. The Morgan fingerprint density at radius 3 is 2.63 bits per heavy atom. The van der Waals surface area contributed by atoms with Gasteiger partial charge in [0, 0.05) is 11.6 Å². The maximum absolute atomic E-state index is 13.4. The van der Waals surface area contributed by atoms with E-state index in [0.717, 1.165) is 0 Å². The molecule has 0 saturated carbocycles. The summed E-state index contributed by atoms with van der Waals surface area (Å²) >= 11 is 8.83. The van der Waals surface area contributed by atoms with Gasteiger partial charge in [0.05, 0.1) is 20.5 Å². The summed E-state index contributed by atoms with van der Waals surface area (Å²) in [7, 11) is 0. The molecule has 0 aliphatic carbocycles. The van der Waals surface area contributed by atoms with Crippen LogP contribution in [0, 0.1) is 11.6 Å². The molecule has 0 radical (unpaired) electrons. The molecule has 3 rings (SSSR count). The largest absolute Gasteiger partial charge is 0.338 e. The highest BCUT2D eigenvalue weighted by atomic mass is 79.9. The van der Waals surface area contributed by atoms with Gasteiger partial charge in [0.15, 0.2) is 0 Å². The van der Waals surface area contributed by atoms with Crippen molar-refractivity contribution in [3.05, 3.63) is 51.5 Å². The number of hydrogen-bond acceptors (Lipinski definition) is 1. The van der Waals surface area contributed by atoms with E-state index >= 15 is 0 Å². The van der Waals surface area contributed by atoms with E-state index in [1.54, 1.807) is 12.1 Å². The van der Waals surface area contributed by atoms with E-state index in [2.05, 4.69) is 25.9 Å². The highest BCUT2D eigenvalue weighted by Crippen LogP contribution is 2.27. The lowest BCUT2D eigenvalue weighted by Gasteiger charge is -1.98. The van der Waals surface area contributed by atoms with E-state index < -0.39 is 5.82 Å². The number of hydrogen-bond donors (Lipinski definition) is 1. The second-order valence-corrected chi connectivity index (χ2v) is 5.26. The van der Waals surface area contributed by atoms with Crippen molar-refractivity contribution in [3.63, 3.8) is 0 Å². The van der Waals surface area contributed by atoms with Crippen LogP contribution in [-0.2, 0) is 0 Å². The van der Waals surface area contributed by atoms with Crippen LogP contribution in [-0.4, -0.2) is 9.97 Å². The predicted molar refractivity (Wildman–Crippen MR) is 74.2 cm³/mol. The van der Waals surface area contributed by atoms with Crippen LogP contribution in [0.3, 0.4) is 0 Å². The number of fused-ring (bicyclic) bond motifs is 1. The van der Waals surface area contributed by atoms with Crippen LogP contribution in [0.2, 0.25) is 5.02 Å². The number of aromatic nitrogens is 2. The first kappa shape index (κ1) is 12.6. The number of halogens is 4. The first-order valence-electron chi connectivity index (χ1n) is 5.35. The monoisotopic (exact) mass is 342 g/mol. The van der Waals surface area contributed by atoms with Crippen molar-refractivity contribution in [2.75, 3.05) is 0 Å². The number of nitrogens with one attached hydrogen (secondary N) is 1. The zero-order chi connectivity index (χ0) is 13.6. The number of benzene rings is 2. The van der Waals surface area contributed by atoms with E-state index in [1.807, 2.05) is 0 Å². The third kappa shape index (κ3) is 2.24. The molecule has 1 N–H and O–H groups in total. The Bertz CT molecular complexity index is 747. The zero-order valence-corrected chi connectivity index (χ0v) is 11.7. The first-order chi connectivity index (χ1) is 9.04. The molecule has 0 aliphatic heterocycles. The predicted octanol–water partition coefficient (Wildman–Crippen LogP) is 4.92. The van der Waals surface area contributed by atoms with E-state index in [9.17, 15) is 8.78 Å². The Hall–Kier alpha value is -1.46. The average molecular weight is 344 g/mol. The van der Waals surface area contributed by atoms with Gasteiger partial charge in [0.25, 0.3) is 0 Å². The minimum absolute atomic E-state index is 0.0188. The molecule has 96 valence electrons. The summed E-state index contributed by atoms with van der Waals surface area (Å²) in [5, 5.41) is 0.0188. The molecule has 6 heteroatoms. The maximum atomic E-state index is 13.4. The van der Waals surface area contributed by atoms with Crippen LogP contribution in [0.4, 0.5) is 8.78 Å². The third-order valence-corrected chi connectivity index (χ3v) is 3.61. The fraction of sp³-hybridized carbons (Fsp3) is 0. The minimum Gasteiger partial charge on any atom is -0.338 e. The molecule has 0 aliphatic rings. The molecule has 0 atom stereocenters. The molecule has 2 nitrogen and oxygen atoms in total. The highest BCUT2D eigenvalue weighted by Gasteiger charge is 2.10. The van der Waals surface area contributed by atoms with Gasteiger partial charge in [0.1, 0.15) is 17.5 Å². The molecule has 1 heterocycles. The molecule has 0 spiro atoms. The van der Waals surface area contributed by atoms with Crippen molar-refractivity contribution in [1.29, 1.82) is 0 Å². The van der Waals surface area contributed by atoms with E-state index in [-0.39, 0.29) is 10.8 Å². The van der Waals surface area contributed by atoms with Crippen LogP contribution < -0.4 is 0 Å². The summed E-state index contributed by atoms with van der Waals surface area (Å²) in [6.07, 6.45) is 0. The number of nitrogens with zero attached hydrogens (tertiary/aromatic N) is 1. The van der Waals surface area contributed by atoms with Gasteiger partial charge in [-0.15, -0.1) is 0 Å². The SMILES string of the molecule is Fc1ccc(-c2nc3cc(Br)c(F)cc3[nH]2)cc1Cl.